The van der Waals surface area contributed by atoms with Crippen molar-refractivity contribution in [1.82, 2.24) is 5.32 Å². The summed E-state index contributed by atoms with van der Waals surface area (Å²) in [6.07, 6.45) is 0. The molecule has 1 heteroatoms. The second-order valence-electron chi connectivity index (χ2n) is 6.11. The van der Waals surface area contributed by atoms with Gasteiger partial charge in [-0.1, -0.05) is 65.8 Å². The van der Waals surface area contributed by atoms with Crippen molar-refractivity contribution in [3.63, 3.8) is 0 Å². The van der Waals surface area contributed by atoms with E-state index in [4.69, 9.17) is 0 Å². The van der Waals surface area contributed by atoms with Crippen LogP contribution in [0.4, 0.5) is 0 Å². The molecule has 17 heavy (non-hydrogen) atoms. The molecule has 1 aromatic carbocycles. The third-order valence-electron chi connectivity index (χ3n) is 3.86. The van der Waals surface area contributed by atoms with Crippen LogP contribution in [-0.2, 0) is 12.0 Å². The van der Waals surface area contributed by atoms with Crippen molar-refractivity contribution in [1.29, 1.82) is 0 Å². The Hall–Kier alpha value is -0.820. The van der Waals surface area contributed by atoms with Crippen LogP contribution in [0.25, 0.3) is 0 Å². The maximum atomic E-state index is 3.44. The van der Waals surface area contributed by atoms with E-state index in [0.717, 1.165) is 6.54 Å². The average molecular weight is 233 g/mol. The molecule has 0 unspecified atom stereocenters. The number of rotatable bonds is 5. The summed E-state index contributed by atoms with van der Waals surface area (Å²) in [5, 5.41) is 3.44. The summed E-state index contributed by atoms with van der Waals surface area (Å²) in [5.41, 5.74) is 3.05. The number of benzene rings is 1. The zero-order valence-corrected chi connectivity index (χ0v) is 12.2. The molecule has 1 nitrogen and oxygen atoms in total. The lowest BCUT2D eigenvalue weighted by Crippen LogP contribution is -2.24. The number of hydrogen-bond donors (Lipinski definition) is 1. The van der Waals surface area contributed by atoms with E-state index in [1.54, 1.807) is 0 Å². The van der Waals surface area contributed by atoms with Crippen molar-refractivity contribution in [2.24, 2.45) is 5.92 Å². The van der Waals surface area contributed by atoms with Gasteiger partial charge in [-0.25, -0.2) is 0 Å². The minimum atomic E-state index is 0.254. The molecule has 0 fully saturated rings. The average Bonchev–Trinajstić information content (AvgIpc) is 2.26. The number of nitrogens with one attached hydrogen (secondary N) is 1. The van der Waals surface area contributed by atoms with E-state index < -0.39 is 0 Å². The van der Waals surface area contributed by atoms with Gasteiger partial charge in [0.05, 0.1) is 0 Å². The van der Waals surface area contributed by atoms with Crippen molar-refractivity contribution < 1.29 is 0 Å². The van der Waals surface area contributed by atoms with Gasteiger partial charge in [0.1, 0.15) is 0 Å². The van der Waals surface area contributed by atoms with Crippen LogP contribution < -0.4 is 5.32 Å². The minimum absolute atomic E-state index is 0.254. The molecule has 0 aromatic heterocycles. The Morgan fingerprint density at radius 2 is 1.53 bits per heavy atom. The summed E-state index contributed by atoms with van der Waals surface area (Å²) in [5.74, 6) is 0.655. The highest BCUT2D eigenvalue weighted by atomic mass is 14.9. The highest BCUT2D eigenvalue weighted by Gasteiger charge is 2.24. The molecule has 0 spiro atoms. The first-order chi connectivity index (χ1) is 7.84. The molecule has 0 saturated heterocycles. The lowest BCUT2D eigenvalue weighted by Gasteiger charge is -2.30. The summed E-state index contributed by atoms with van der Waals surface area (Å²) in [6, 6.07) is 9.58. The van der Waals surface area contributed by atoms with E-state index in [2.05, 4.69) is 71.1 Å². The van der Waals surface area contributed by atoms with Crippen molar-refractivity contribution in [3.8, 4) is 0 Å². The fourth-order valence-corrected chi connectivity index (χ4v) is 1.71. The van der Waals surface area contributed by atoms with Gasteiger partial charge in [0, 0.05) is 12.6 Å². The van der Waals surface area contributed by atoms with Crippen LogP contribution in [0.15, 0.2) is 24.3 Å². The highest BCUT2D eigenvalue weighted by molar-refractivity contribution is 5.28. The first-order valence-corrected chi connectivity index (χ1v) is 6.67. The van der Waals surface area contributed by atoms with E-state index >= 15 is 0 Å². The molecular weight excluding hydrogens is 206 g/mol. The molecule has 1 aromatic rings. The Labute approximate surface area is 107 Å². The molecule has 0 heterocycles. The monoisotopic (exact) mass is 233 g/mol. The summed E-state index contributed by atoms with van der Waals surface area (Å²) >= 11 is 0. The van der Waals surface area contributed by atoms with Gasteiger partial charge >= 0.3 is 0 Å². The van der Waals surface area contributed by atoms with Crippen LogP contribution in [0, 0.1) is 5.92 Å². The highest BCUT2D eigenvalue weighted by Crippen LogP contribution is 2.31. The van der Waals surface area contributed by atoms with Gasteiger partial charge in [0.15, 0.2) is 0 Å². The van der Waals surface area contributed by atoms with Crippen LogP contribution in [0.3, 0.4) is 0 Å². The molecule has 0 aliphatic heterocycles. The second-order valence-corrected chi connectivity index (χ2v) is 6.11. The lowest BCUT2D eigenvalue weighted by atomic mass is 9.75. The largest absolute Gasteiger partial charge is 0.310 e. The molecule has 0 aliphatic carbocycles. The molecule has 1 rings (SSSR count). The molecule has 0 saturated carbocycles. The Morgan fingerprint density at radius 1 is 1.00 bits per heavy atom. The molecule has 0 amide bonds. The van der Waals surface area contributed by atoms with E-state index in [1.807, 2.05) is 0 Å². The van der Waals surface area contributed by atoms with E-state index in [1.165, 1.54) is 11.1 Å². The summed E-state index contributed by atoms with van der Waals surface area (Å²) in [4.78, 5) is 0. The lowest BCUT2D eigenvalue weighted by molar-refractivity contribution is 0.372. The van der Waals surface area contributed by atoms with Gasteiger partial charge in [-0.15, -0.1) is 0 Å². The molecule has 1 N–H and O–H groups in total. The van der Waals surface area contributed by atoms with Gasteiger partial charge in [0.2, 0.25) is 0 Å². The van der Waals surface area contributed by atoms with Crippen LogP contribution in [-0.4, -0.2) is 6.04 Å². The smallest absolute Gasteiger partial charge is 0.0207 e. The predicted octanol–water partition coefficient (Wildman–Crippen LogP) is 4.12. The zero-order valence-electron chi connectivity index (χ0n) is 12.2. The topological polar surface area (TPSA) is 12.0 Å². The normalized spacial score (nSPS) is 12.5. The summed E-state index contributed by atoms with van der Waals surface area (Å²) in [6.45, 7) is 14.5. The third-order valence-corrected chi connectivity index (χ3v) is 3.86. The Kier molecular flexibility index (Phi) is 4.76. The maximum absolute atomic E-state index is 3.44. The fourth-order valence-electron chi connectivity index (χ4n) is 1.71. The number of hydrogen-bond acceptors (Lipinski definition) is 1. The molecule has 0 aliphatic rings. The fraction of sp³-hybridized carbons (Fsp3) is 0.625. The third kappa shape index (κ3) is 3.85. The molecular formula is C16H27N. The van der Waals surface area contributed by atoms with Crippen LogP contribution in [0.1, 0.15) is 52.7 Å². The van der Waals surface area contributed by atoms with Gasteiger partial charge in [-0.2, -0.15) is 0 Å². The SMILES string of the molecule is CC(C)NCc1ccc(C(C)(C)C(C)C)cc1. The second kappa shape index (κ2) is 5.68. The summed E-state index contributed by atoms with van der Waals surface area (Å²) < 4.78 is 0. The zero-order chi connectivity index (χ0) is 13.1. The van der Waals surface area contributed by atoms with Crippen molar-refractivity contribution >= 4 is 0 Å². The predicted molar refractivity (Wildman–Crippen MR) is 76.3 cm³/mol. The van der Waals surface area contributed by atoms with Gasteiger partial charge < -0.3 is 5.32 Å². The van der Waals surface area contributed by atoms with Crippen molar-refractivity contribution in [2.45, 2.75) is 59.5 Å². The van der Waals surface area contributed by atoms with E-state index in [9.17, 15) is 0 Å². The molecule has 96 valence electrons. The van der Waals surface area contributed by atoms with Crippen LogP contribution >= 0.6 is 0 Å². The first kappa shape index (κ1) is 14.2. The van der Waals surface area contributed by atoms with E-state index in [-0.39, 0.29) is 5.41 Å². The van der Waals surface area contributed by atoms with Crippen LogP contribution in [0.5, 0.6) is 0 Å². The van der Waals surface area contributed by atoms with E-state index in [0.29, 0.717) is 12.0 Å². The molecule has 0 atom stereocenters. The van der Waals surface area contributed by atoms with Crippen LogP contribution in [0.2, 0.25) is 0 Å². The Balaban J connectivity index is 2.74. The quantitative estimate of drug-likeness (QED) is 0.806. The minimum Gasteiger partial charge on any atom is -0.310 e. The molecule has 0 radical (unpaired) electrons. The Morgan fingerprint density at radius 3 is 1.94 bits per heavy atom. The van der Waals surface area contributed by atoms with Gasteiger partial charge in [-0.3, -0.25) is 0 Å². The van der Waals surface area contributed by atoms with Crippen molar-refractivity contribution in [3.05, 3.63) is 35.4 Å². The molecule has 0 bridgehead atoms. The summed E-state index contributed by atoms with van der Waals surface area (Å²) in [7, 11) is 0. The standard InChI is InChI=1S/C16H27N/c1-12(2)16(5,6)15-9-7-14(8-10-15)11-17-13(3)4/h7-10,12-13,17H,11H2,1-6H3. The van der Waals surface area contributed by atoms with Gasteiger partial charge in [-0.05, 0) is 22.5 Å². The Bertz CT molecular complexity index is 333. The van der Waals surface area contributed by atoms with Crippen molar-refractivity contribution in [2.75, 3.05) is 0 Å². The maximum Gasteiger partial charge on any atom is 0.0207 e. The first-order valence-electron chi connectivity index (χ1n) is 6.67. The van der Waals surface area contributed by atoms with Gasteiger partial charge in [0.25, 0.3) is 0 Å².